The minimum Gasteiger partial charge on any atom is -0.342 e. The standard InChI is InChI=1S/C32H40F3N3O3/c1-20(2)31(40)30(21-8-4-3-5-9-21)37-32(41)26-12-6-11-25(29(26)35)23-10-7-15-38(19-23)28(39)18-36-17-22-13-14-24(33)16-27(22)34/h6,11-14,16,20-21,23,30,36H,3-5,7-10,15,17-19H2,1-2H3,(H,37,41)/t23?,30-/m1/s1. The molecular weight excluding hydrogens is 531 g/mol. The molecule has 1 unspecified atom stereocenters. The van der Waals surface area contributed by atoms with Crippen molar-refractivity contribution in [2.45, 2.75) is 77.3 Å². The van der Waals surface area contributed by atoms with Gasteiger partial charge in [-0.3, -0.25) is 14.4 Å². The minimum absolute atomic E-state index is 0.0287. The molecule has 0 spiro atoms. The molecule has 0 aromatic heterocycles. The summed E-state index contributed by atoms with van der Waals surface area (Å²) in [4.78, 5) is 40.8. The molecule has 1 aliphatic carbocycles. The van der Waals surface area contributed by atoms with Crippen molar-refractivity contribution in [1.82, 2.24) is 15.5 Å². The molecule has 1 heterocycles. The zero-order chi connectivity index (χ0) is 29.5. The molecule has 1 saturated heterocycles. The highest BCUT2D eigenvalue weighted by atomic mass is 19.1. The van der Waals surface area contributed by atoms with Gasteiger partial charge in [0.15, 0.2) is 5.78 Å². The molecule has 2 N–H and O–H groups in total. The van der Waals surface area contributed by atoms with Crippen LogP contribution in [0.3, 0.4) is 0 Å². The van der Waals surface area contributed by atoms with Crippen LogP contribution in [0.2, 0.25) is 0 Å². The Morgan fingerprint density at radius 2 is 1.73 bits per heavy atom. The molecule has 2 atom stereocenters. The Morgan fingerprint density at radius 1 is 0.976 bits per heavy atom. The number of carbonyl (C=O) groups excluding carboxylic acids is 3. The summed E-state index contributed by atoms with van der Waals surface area (Å²) < 4.78 is 42.8. The highest BCUT2D eigenvalue weighted by molar-refractivity contribution is 5.98. The number of hydrogen-bond acceptors (Lipinski definition) is 4. The monoisotopic (exact) mass is 571 g/mol. The van der Waals surface area contributed by atoms with Crippen molar-refractivity contribution >= 4 is 17.6 Å². The number of carbonyl (C=O) groups is 3. The molecule has 4 rings (SSSR count). The topological polar surface area (TPSA) is 78.5 Å². The summed E-state index contributed by atoms with van der Waals surface area (Å²) in [5, 5.41) is 5.78. The fraction of sp³-hybridized carbons (Fsp3) is 0.531. The van der Waals surface area contributed by atoms with Crippen LogP contribution in [-0.2, 0) is 16.1 Å². The number of Topliss-reactive ketones (excluding diaryl/α,β-unsaturated/α-hetero) is 1. The predicted molar refractivity (Wildman–Crippen MR) is 151 cm³/mol. The Hall–Kier alpha value is -3.20. The van der Waals surface area contributed by atoms with Gasteiger partial charge in [0.05, 0.1) is 18.2 Å². The average molecular weight is 572 g/mol. The van der Waals surface area contributed by atoms with Crippen LogP contribution in [0.5, 0.6) is 0 Å². The maximum atomic E-state index is 15.8. The molecule has 0 bridgehead atoms. The number of halogens is 3. The van der Waals surface area contributed by atoms with Crippen LogP contribution < -0.4 is 10.6 Å². The van der Waals surface area contributed by atoms with Gasteiger partial charge in [-0.2, -0.15) is 0 Å². The van der Waals surface area contributed by atoms with Crippen LogP contribution in [-0.4, -0.2) is 48.2 Å². The summed E-state index contributed by atoms with van der Waals surface area (Å²) in [6.45, 7) is 4.48. The lowest BCUT2D eigenvalue weighted by Gasteiger charge is -2.33. The number of benzene rings is 2. The van der Waals surface area contributed by atoms with E-state index in [4.69, 9.17) is 0 Å². The van der Waals surface area contributed by atoms with E-state index in [1.54, 1.807) is 17.0 Å². The van der Waals surface area contributed by atoms with Gasteiger partial charge in [-0.1, -0.05) is 51.3 Å². The fourth-order valence-corrected chi connectivity index (χ4v) is 6.05. The largest absolute Gasteiger partial charge is 0.342 e. The Balaban J connectivity index is 1.40. The molecule has 41 heavy (non-hydrogen) atoms. The summed E-state index contributed by atoms with van der Waals surface area (Å²) in [7, 11) is 0. The van der Waals surface area contributed by atoms with Crippen LogP contribution in [0.1, 0.15) is 86.2 Å². The third kappa shape index (κ3) is 7.76. The van der Waals surface area contributed by atoms with Crippen LogP contribution in [0.15, 0.2) is 36.4 Å². The minimum atomic E-state index is -0.680. The Morgan fingerprint density at radius 3 is 2.44 bits per heavy atom. The number of ketones is 1. The summed E-state index contributed by atoms with van der Waals surface area (Å²) in [6.07, 6.45) is 6.22. The zero-order valence-corrected chi connectivity index (χ0v) is 23.9. The first kappa shape index (κ1) is 30.8. The van der Waals surface area contributed by atoms with Crippen molar-refractivity contribution in [2.75, 3.05) is 19.6 Å². The summed E-state index contributed by atoms with van der Waals surface area (Å²) in [6, 6.07) is 7.40. The molecule has 2 fully saturated rings. The molecule has 6 nitrogen and oxygen atoms in total. The van der Waals surface area contributed by atoms with Gasteiger partial charge in [0.1, 0.15) is 17.5 Å². The number of rotatable bonds is 10. The first-order valence-electron chi connectivity index (χ1n) is 14.7. The van der Waals surface area contributed by atoms with E-state index in [0.717, 1.165) is 38.2 Å². The van der Waals surface area contributed by atoms with Crippen molar-refractivity contribution in [2.24, 2.45) is 11.8 Å². The first-order valence-corrected chi connectivity index (χ1v) is 14.7. The van der Waals surface area contributed by atoms with Crippen molar-refractivity contribution in [3.63, 3.8) is 0 Å². The van der Waals surface area contributed by atoms with Gasteiger partial charge in [-0.05, 0) is 49.3 Å². The van der Waals surface area contributed by atoms with Gasteiger partial charge >= 0.3 is 0 Å². The lowest BCUT2D eigenvalue weighted by atomic mass is 9.80. The Labute approximate surface area is 240 Å². The molecule has 222 valence electrons. The first-order chi connectivity index (χ1) is 19.7. The van der Waals surface area contributed by atoms with E-state index in [1.165, 1.54) is 18.2 Å². The van der Waals surface area contributed by atoms with Gasteiger partial charge in [0, 0.05) is 43.1 Å². The maximum Gasteiger partial charge on any atom is 0.254 e. The van der Waals surface area contributed by atoms with E-state index in [0.29, 0.717) is 31.5 Å². The van der Waals surface area contributed by atoms with Crippen molar-refractivity contribution in [1.29, 1.82) is 0 Å². The highest BCUT2D eigenvalue weighted by Crippen LogP contribution is 2.31. The molecular formula is C32H40F3N3O3. The van der Waals surface area contributed by atoms with Crippen LogP contribution in [0.25, 0.3) is 0 Å². The van der Waals surface area contributed by atoms with E-state index in [-0.39, 0.29) is 53.7 Å². The summed E-state index contributed by atoms with van der Waals surface area (Å²) in [5.74, 6) is -3.25. The molecule has 9 heteroatoms. The predicted octanol–water partition coefficient (Wildman–Crippen LogP) is 5.50. The number of likely N-dealkylation sites (tertiary alicyclic amines) is 1. The second-order valence-electron chi connectivity index (χ2n) is 11.6. The van der Waals surface area contributed by atoms with Crippen molar-refractivity contribution in [3.05, 3.63) is 70.5 Å². The number of nitrogens with zero attached hydrogens (tertiary/aromatic N) is 1. The third-order valence-electron chi connectivity index (χ3n) is 8.38. The molecule has 0 radical (unpaired) electrons. The van der Waals surface area contributed by atoms with E-state index in [2.05, 4.69) is 10.6 Å². The second-order valence-corrected chi connectivity index (χ2v) is 11.6. The molecule has 2 aromatic carbocycles. The highest BCUT2D eigenvalue weighted by Gasteiger charge is 2.34. The summed E-state index contributed by atoms with van der Waals surface area (Å²) in [5.41, 5.74) is 0.543. The van der Waals surface area contributed by atoms with Crippen LogP contribution in [0.4, 0.5) is 13.2 Å². The number of piperidine rings is 1. The van der Waals surface area contributed by atoms with Gasteiger partial charge in [-0.15, -0.1) is 0 Å². The second kappa shape index (κ2) is 14.1. The van der Waals surface area contributed by atoms with Crippen molar-refractivity contribution < 1.29 is 27.6 Å². The molecule has 1 saturated carbocycles. The van der Waals surface area contributed by atoms with Crippen LogP contribution >= 0.6 is 0 Å². The summed E-state index contributed by atoms with van der Waals surface area (Å²) >= 11 is 0. The molecule has 2 aliphatic rings. The SMILES string of the molecule is CC(C)C(=O)[C@H](NC(=O)c1cccc(C2CCCN(C(=O)CNCc3ccc(F)cc3F)C2)c1F)C1CCCCC1. The quantitative estimate of drug-likeness (QED) is 0.395. The number of nitrogens with one attached hydrogen (secondary N) is 2. The Bertz CT molecular complexity index is 1250. The normalized spacial score (nSPS) is 18.8. The van der Waals surface area contributed by atoms with Crippen molar-refractivity contribution in [3.8, 4) is 0 Å². The van der Waals surface area contributed by atoms with Gasteiger partial charge in [0.2, 0.25) is 5.91 Å². The van der Waals surface area contributed by atoms with E-state index >= 15 is 4.39 Å². The van der Waals surface area contributed by atoms with Gasteiger partial charge in [-0.25, -0.2) is 13.2 Å². The maximum absolute atomic E-state index is 15.8. The van der Waals surface area contributed by atoms with E-state index < -0.39 is 29.4 Å². The molecule has 1 aliphatic heterocycles. The third-order valence-corrected chi connectivity index (χ3v) is 8.38. The molecule has 2 aromatic rings. The molecule has 2 amide bonds. The number of amides is 2. The fourth-order valence-electron chi connectivity index (χ4n) is 6.05. The van der Waals surface area contributed by atoms with Crippen LogP contribution in [0, 0.1) is 29.3 Å². The zero-order valence-electron chi connectivity index (χ0n) is 23.9. The lowest BCUT2D eigenvalue weighted by molar-refractivity contribution is -0.131. The van der Waals surface area contributed by atoms with E-state index in [9.17, 15) is 23.2 Å². The van der Waals surface area contributed by atoms with E-state index in [1.807, 2.05) is 13.8 Å². The smallest absolute Gasteiger partial charge is 0.254 e. The lowest BCUT2D eigenvalue weighted by Crippen LogP contribution is -2.48. The van der Waals surface area contributed by atoms with Gasteiger partial charge < -0.3 is 15.5 Å². The van der Waals surface area contributed by atoms with Gasteiger partial charge in [0.25, 0.3) is 5.91 Å². The average Bonchev–Trinajstić information content (AvgIpc) is 2.97. The number of hydrogen-bond donors (Lipinski definition) is 2. The Kier molecular flexibility index (Phi) is 10.6.